The van der Waals surface area contributed by atoms with Crippen LogP contribution in [0.4, 0.5) is 0 Å². The van der Waals surface area contributed by atoms with E-state index in [0.29, 0.717) is 5.75 Å². The van der Waals surface area contributed by atoms with E-state index < -0.39 is 10.8 Å². The van der Waals surface area contributed by atoms with E-state index in [1.165, 1.54) is 0 Å². The van der Waals surface area contributed by atoms with Crippen molar-refractivity contribution >= 4 is 10.8 Å². The molecule has 0 saturated carbocycles. The Labute approximate surface area is 71.2 Å². The number of rotatable bonds is 4. The summed E-state index contributed by atoms with van der Waals surface area (Å²) in [5.74, 6) is 3.22. The fourth-order valence-corrected chi connectivity index (χ4v) is 1.68. The van der Waals surface area contributed by atoms with Gasteiger partial charge in [0.05, 0.1) is 6.04 Å². The molecule has 0 aromatic heterocycles. The molecule has 0 heterocycles. The lowest BCUT2D eigenvalue weighted by Gasteiger charge is -2.14. The number of hydrogen-bond acceptors (Lipinski definition) is 2. The SMILES string of the molecule is C#CC(C)NC(C)CS(C)=O. The molecule has 64 valence electrons. The van der Waals surface area contributed by atoms with E-state index in [1.807, 2.05) is 13.8 Å². The van der Waals surface area contributed by atoms with Gasteiger partial charge >= 0.3 is 0 Å². The zero-order valence-electron chi connectivity index (χ0n) is 7.26. The summed E-state index contributed by atoms with van der Waals surface area (Å²) in [6, 6.07) is 0.292. The largest absolute Gasteiger partial charge is 0.300 e. The first-order valence-electron chi connectivity index (χ1n) is 3.58. The zero-order valence-corrected chi connectivity index (χ0v) is 8.07. The first kappa shape index (κ1) is 10.7. The minimum atomic E-state index is -0.745. The van der Waals surface area contributed by atoms with Crippen LogP contribution in [0.5, 0.6) is 0 Å². The standard InChI is InChI=1S/C8H15NOS/c1-5-7(2)9-8(3)6-11(4)10/h1,7-9H,6H2,2-4H3. The second kappa shape index (κ2) is 5.34. The number of terminal acetylenes is 1. The van der Waals surface area contributed by atoms with Gasteiger partial charge in [-0.05, 0) is 13.8 Å². The van der Waals surface area contributed by atoms with E-state index in [1.54, 1.807) is 6.26 Å². The van der Waals surface area contributed by atoms with Crippen LogP contribution >= 0.6 is 0 Å². The molecule has 0 rings (SSSR count). The monoisotopic (exact) mass is 173 g/mol. The molecule has 0 amide bonds. The van der Waals surface area contributed by atoms with Gasteiger partial charge in [0.15, 0.2) is 0 Å². The van der Waals surface area contributed by atoms with Crippen LogP contribution in [0.3, 0.4) is 0 Å². The lowest BCUT2D eigenvalue weighted by Crippen LogP contribution is -2.36. The molecular formula is C8H15NOS. The summed E-state index contributed by atoms with van der Waals surface area (Å²) in [5, 5.41) is 3.13. The van der Waals surface area contributed by atoms with Crippen LogP contribution in [0.15, 0.2) is 0 Å². The molecule has 1 N–H and O–H groups in total. The summed E-state index contributed by atoms with van der Waals surface area (Å²) in [6.07, 6.45) is 6.86. The van der Waals surface area contributed by atoms with Gasteiger partial charge in [0.2, 0.25) is 0 Å². The Morgan fingerprint density at radius 2 is 2.18 bits per heavy atom. The Morgan fingerprint density at radius 1 is 1.64 bits per heavy atom. The minimum absolute atomic E-state index is 0.0635. The topological polar surface area (TPSA) is 29.1 Å². The fourth-order valence-electron chi connectivity index (χ4n) is 0.875. The molecular weight excluding hydrogens is 158 g/mol. The molecule has 0 aliphatic heterocycles. The lowest BCUT2D eigenvalue weighted by molar-refractivity contribution is 0.560. The van der Waals surface area contributed by atoms with Crippen molar-refractivity contribution in [2.45, 2.75) is 25.9 Å². The van der Waals surface area contributed by atoms with Crippen molar-refractivity contribution < 1.29 is 4.21 Å². The highest BCUT2D eigenvalue weighted by molar-refractivity contribution is 7.84. The maximum Gasteiger partial charge on any atom is 0.0660 e. The van der Waals surface area contributed by atoms with E-state index in [-0.39, 0.29) is 12.1 Å². The molecule has 2 nitrogen and oxygen atoms in total. The van der Waals surface area contributed by atoms with Crippen LogP contribution in [0.25, 0.3) is 0 Å². The third-order valence-electron chi connectivity index (χ3n) is 1.27. The Morgan fingerprint density at radius 3 is 2.55 bits per heavy atom. The second-order valence-corrected chi connectivity index (χ2v) is 4.18. The van der Waals surface area contributed by atoms with Crippen molar-refractivity contribution in [3.8, 4) is 12.3 Å². The van der Waals surface area contributed by atoms with E-state index >= 15 is 0 Å². The highest BCUT2D eigenvalue weighted by atomic mass is 32.2. The molecule has 0 fully saturated rings. The van der Waals surface area contributed by atoms with Crippen molar-refractivity contribution in [2.75, 3.05) is 12.0 Å². The third-order valence-corrected chi connectivity index (χ3v) is 2.24. The first-order chi connectivity index (χ1) is 5.06. The Kier molecular flexibility index (Phi) is 5.18. The highest BCUT2D eigenvalue weighted by Crippen LogP contribution is 1.88. The molecule has 0 aromatic carbocycles. The molecule has 3 atom stereocenters. The van der Waals surface area contributed by atoms with Gasteiger partial charge < -0.3 is 5.32 Å². The maximum atomic E-state index is 10.7. The highest BCUT2D eigenvalue weighted by Gasteiger charge is 2.05. The Hall–Kier alpha value is -0.330. The van der Waals surface area contributed by atoms with Crippen LogP contribution in [-0.2, 0) is 10.8 Å². The molecule has 0 spiro atoms. The van der Waals surface area contributed by atoms with Crippen molar-refractivity contribution in [3.63, 3.8) is 0 Å². The van der Waals surface area contributed by atoms with Crippen LogP contribution in [0.1, 0.15) is 13.8 Å². The summed E-state index contributed by atoms with van der Waals surface area (Å²) in [7, 11) is -0.745. The van der Waals surface area contributed by atoms with Gasteiger partial charge in [0.25, 0.3) is 0 Å². The van der Waals surface area contributed by atoms with Crippen molar-refractivity contribution in [1.29, 1.82) is 0 Å². The van der Waals surface area contributed by atoms with Gasteiger partial charge in [-0.3, -0.25) is 4.21 Å². The second-order valence-electron chi connectivity index (χ2n) is 2.70. The van der Waals surface area contributed by atoms with Crippen molar-refractivity contribution in [2.24, 2.45) is 0 Å². The van der Waals surface area contributed by atoms with Crippen LogP contribution < -0.4 is 5.32 Å². The molecule has 0 saturated heterocycles. The number of nitrogens with one attached hydrogen (secondary N) is 1. The van der Waals surface area contributed by atoms with E-state index in [0.717, 1.165) is 0 Å². The van der Waals surface area contributed by atoms with E-state index in [4.69, 9.17) is 6.42 Å². The van der Waals surface area contributed by atoms with Crippen LogP contribution in [0, 0.1) is 12.3 Å². The van der Waals surface area contributed by atoms with Gasteiger partial charge in [-0.15, -0.1) is 6.42 Å². The van der Waals surface area contributed by atoms with Gasteiger partial charge in [-0.2, -0.15) is 0 Å². The first-order valence-corrected chi connectivity index (χ1v) is 5.31. The van der Waals surface area contributed by atoms with E-state index in [2.05, 4.69) is 11.2 Å². The molecule has 11 heavy (non-hydrogen) atoms. The summed E-state index contributed by atoms with van der Waals surface area (Å²) >= 11 is 0. The van der Waals surface area contributed by atoms with Crippen molar-refractivity contribution in [3.05, 3.63) is 0 Å². The normalized spacial score (nSPS) is 18.4. The summed E-state index contributed by atoms with van der Waals surface area (Å²) < 4.78 is 10.7. The fraction of sp³-hybridized carbons (Fsp3) is 0.750. The van der Waals surface area contributed by atoms with Gasteiger partial charge in [-0.25, -0.2) is 0 Å². The minimum Gasteiger partial charge on any atom is -0.300 e. The predicted octanol–water partition coefficient (Wildman–Crippen LogP) is 0.365. The Balaban J connectivity index is 3.62. The molecule has 0 aliphatic carbocycles. The Bertz CT molecular complexity index is 173. The smallest absolute Gasteiger partial charge is 0.0660 e. The van der Waals surface area contributed by atoms with Gasteiger partial charge in [0, 0.05) is 28.9 Å². The average Bonchev–Trinajstić information content (AvgIpc) is 1.85. The van der Waals surface area contributed by atoms with Gasteiger partial charge in [0.1, 0.15) is 0 Å². The molecule has 3 unspecified atom stereocenters. The maximum absolute atomic E-state index is 10.7. The van der Waals surface area contributed by atoms with Crippen molar-refractivity contribution in [1.82, 2.24) is 5.32 Å². The number of hydrogen-bond donors (Lipinski definition) is 1. The summed E-state index contributed by atoms with van der Waals surface area (Å²) in [5.41, 5.74) is 0. The molecule has 0 aliphatic rings. The van der Waals surface area contributed by atoms with Gasteiger partial charge in [-0.1, -0.05) is 5.92 Å². The third kappa shape index (κ3) is 6.08. The molecule has 0 aromatic rings. The quantitative estimate of drug-likeness (QED) is 0.622. The molecule has 0 bridgehead atoms. The van der Waals surface area contributed by atoms with Crippen LogP contribution in [-0.4, -0.2) is 28.3 Å². The zero-order chi connectivity index (χ0) is 8.85. The predicted molar refractivity (Wildman–Crippen MR) is 49.8 cm³/mol. The summed E-state index contributed by atoms with van der Waals surface area (Å²) in [4.78, 5) is 0. The molecule has 3 heteroatoms. The average molecular weight is 173 g/mol. The summed E-state index contributed by atoms with van der Waals surface area (Å²) in [6.45, 7) is 3.89. The van der Waals surface area contributed by atoms with E-state index in [9.17, 15) is 4.21 Å². The molecule has 0 radical (unpaired) electrons. The lowest BCUT2D eigenvalue weighted by atomic mass is 10.3. The van der Waals surface area contributed by atoms with Crippen LogP contribution in [0.2, 0.25) is 0 Å².